The molecule has 3 N–H and O–H groups in total. The van der Waals surface area contributed by atoms with Crippen LogP contribution >= 0.6 is 0 Å². The predicted octanol–water partition coefficient (Wildman–Crippen LogP) is 0.375. The molecule has 1 aliphatic heterocycles. The van der Waals surface area contributed by atoms with Crippen molar-refractivity contribution in [1.29, 1.82) is 0 Å². The standard InChI is InChI=1S/C10H16N2O2/c11-8-2-1-3-9(10(8)13)12-4-6-14-7-5-12/h1,3,8,13H,2,4-7,11H2. The van der Waals surface area contributed by atoms with Crippen LogP contribution in [0, 0.1) is 0 Å². The van der Waals surface area contributed by atoms with E-state index in [1.165, 1.54) is 0 Å². The summed E-state index contributed by atoms with van der Waals surface area (Å²) in [5.74, 6) is 0.314. The molecular formula is C10H16N2O2. The average molecular weight is 196 g/mol. The summed E-state index contributed by atoms with van der Waals surface area (Å²) in [6.07, 6.45) is 4.68. The summed E-state index contributed by atoms with van der Waals surface area (Å²) in [6, 6.07) is -0.238. The fraction of sp³-hybridized carbons (Fsp3) is 0.600. The molecule has 0 amide bonds. The highest BCUT2D eigenvalue weighted by Crippen LogP contribution is 2.20. The van der Waals surface area contributed by atoms with Crippen LogP contribution in [0.4, 0.5) is 0 Å². The van der Waals surface area contributed by atoms with Crippen molar-refractivity contribution in [2.75, 3.05) is 26.3 Å². The maximum absolute atomic E-state index is 9.81. The molecule has 0 saturated carbocycles. The lowest BCUT2D eigenvalue weighted by Crippen LogP contribution is -2.38. The fourth-order valence-corrected chi connectivity index (χ4v) is 1.78. The molecule has 0 aromatic carbocycles. The molecule has 1 heterocycles. The summed E-state index contributed by atoms with van der Waals surface area (Å²) in [5, 5.41) is 9.81. The molecule has 0 aromatic heterocycles. The van der Waals surface area contributed by atoms with E-state index in [9.17, 15) is 5.11 Å². The van der Waals surface area contributed by atoms with Gasteiger partial charge < -0.3 is 20.5 Å². The number of nitrogens with two attached hydrogens (primary N) is 1. The van der Waals surface area contributed by atoms with Crippen molar-refractivity contribution < 1.29 is 9.84 Å². The molecule has 1 saturated heterocycles. The lowest BCUT2D eigenvalue weighted by atomic mass is 10.0. The summed E-state index contributed by atoms with van der Waals surface area (Å²) in [7, 11) is 0. The van der Waals surface area contributed by atoms with Gasteiger partial charge in [0.05, 0.1) is 25.0 Å². The molecule has 1 fully saturated rings. The molecule has 0 bridgehead atoms. The Hall–Kier alpha value is -1.00. The van der Waals surface area contributed by atoms with Gasteiger partial charge in [-0.3, -0.25) is 0 Å². The van der Waals surface area contributed by atoms with Crippen LogP contribution in [0.25, 0.3) is 0 Å². The summed E-state index contributed by atoms with van der Waals surface area (Å²) in [6.45, 7) is 3.10. The highest BCUT2D eigenvalue weighted by atomic mass is 16.5. The minimum atomic E-state index is -0.238. The van der Waals surface area contributed by atoms with Crippen molar-refractivity contribution >= 4 is 0 Å². The number of hydrogen-bond acceptors (Lipinski definition) is 4. The Kier molecular flexibility index (Phi) is 2.74. The molecule has 4 heteroatoms. The van der Waals surface area contributed by atoms with Crippen LogP contribution in [-0.4, -0.2) is 42.4 Å². The highest BCUT2D eigenvalue weighted by molar-refractivity contribution is 5.28. The first-order chi connectivity index (χ1) is 6.79. The Bertz CT molecular complexity index is 267. The normalized spacial score (nSPS) is 28.4. The summed E-state index contributed by atoms with van der Waals surface area (Å²) < 4.78 is 5.25. The minimum Gasteiger partial charge on any atom is -0.508 e. The lowest BCUT2D eigenvalue weighted by molar-refractivity contribution is 0.0527. The summed E-state index contributed by atoms with van der Waals surface area (Å²) >= 11 is 0. The third-order valence-corrected chi connectivity index (χ3v) is 2.63. The van der Waals surface area contributed by atoms with Gasteiger partial charge in [0.1, 0.15) is 5.76 Å². The van der Waals surface area contributed by atoms with Crippen LogP contribution in [-0.2, 0) is 4.74 Å². The van der Waals surface area contributed by atoms with Crippen molar-refractivity contribution in [3.63, 3.8) is 0 Å². The van der Waals surface area contributed by atoms with Gasteiger partial charge in [0.2, 0.25) is 0 Å². The first-order valence-electron chi connectivity index (χ1n) is 4.97. The van der Waals surface area contributed by atoms with Crippen molar-refractivity contribution in [2.24, 2.45) is 5.73 Å². The molecule has 0 spiro atoms. The Labute approximate surface area is 83.6 Å². The molecule has 14 heavy (non-hydrogen) atoms. The zero-order valence-corrected chi connectivity index (χ0v) is 8.15. The zero-order chi connectivity index (χ0) is 9.97. The Morgan fingerprint density at radius 3 is 2.86 bits per heavy atom. The van der Waals surface area contributed by atoms with Gasteiger partial charge in [-0.25, -0.2) is 0 Å². The van der Waals surface area contributed by atoms with Crippen LogP contribution in [0.5, 0.6) is 0 Å². The Balaban J connectivity index is 2.14. The quantitative estimate of drug-likeness (QED) is 0.636. The van der Waals surface area contributed by atoms with E-state index in [4.69, 9.17) is 10.5 Å². The summed E-state index contributed by atoms with van der Waals surface area (Å²) in [5.41, 5.74) is 6.63. The van der Waals surface area contributed by atoms with Gasteiger partial charge >= 0.3 is 0 Å². The zero-order valence-electron chi connectivity index (χ0n) is 8.15. The molecule has 1 unspecified atom stereocenters. The van der Waals surface area contributed by atoms with E-state index >= 15 is 0 Å². The van der Waals surface area contributed by atoms with Gasteiger partial charge in [-0.1, -0.05) is 6.08 Å². The predicted molar refractivity (Wildman–Crippen MR) is 53.8 cm³/mol. The number of allylic oxidation sites excluding steroid dienone is 1. The number of aliphatic hydroxyl groups excluding tert-OH is 1. The van der Waals surface area contributed by atoms with Crippen LogP contribution in [0.15, 0.2) is 23.6 Å². The molecule has 0 aromatic rings. The lowest BCUT2D eigenvalue weighted by Gasteiger charge is -2.32. The van der Waals surface area contributed by atoms with Gasteiger partial charge in [-0.15, -0.1) is 0 Å². The van der Waals surface area contributed by atoms with Crippen LogP contribution in [0.1, 0.15) is 6.42 Å². The number of ether oxygens (including phenoxy) is 1. The maximum Gasteiger partial charge on any atom is 0.132 e. The van der Waals surface area contributed by atoms with Crippen LogP contribution < -0.4 is 5.73 Å². The smallest absolute Gasteiger partial charge is 0.132 e. The number of nitrogens with zero attached hydrogens (tertiary/aromatic N) is 1. The van der Waals surface area contributed by atoms with Crippen molar-refractivity contribution in [3.8, 4) is 0 Å². The first kappa shape index (κ1) is 9.55. The van der Waals surface area contributed by atoms with Crippen molar-refractivity contribution in [2.45, 2.75) is 12.5 Å². The number of aliphatic hydroxyl groups is 1. The molecule has 2 aliphatic rings. The maximum atomic E-state index is 9.81. The molecule has 2 rings (SSSR count). The van der Waals surface area contributed by atoms with E-state index < -0.39 is 0 Å². The SMILES string of the molecule is NC1CC=CC(N2CCOCC2)=C1O. The van der Waals surface area contributed by atoms with Gasteiger partial charge in [-0.05, 0) is 12.5 Å². The van der Waals surface area contributed by atoms with E-state index in [-0.39, 0.29) is 6.04 Å². The minimum absolute atomic E-state index is 0.238. The number of rotatable bonds is 1. The van der Waals surface area contributed by atoms with Crippen molar-refractivity contribution in [1.82, 2.24) is 4.90 Å². The molecule has 1 aliphatic carbocycles. The molecule has 78 valence electrons. The summed E-state index contributed by atoms with van der Waals surface area (Å²) in [4.78, 5) is 2.12. The second-order valence-electron chi connectivity index (χ2n) is 3.61. The monoisotopic (exact) mass is 196 g/mol. The number of hydrogen-bond donors (Lipinski definition) is 2. The van der Waals surface area contributed by atoms with Gasteiger partial charge in [0.25, 0.3) is 0 Å². The van der Waals surface area contributed by atoms with Gasteiger partial charge in [0, 0.05) is 13.1 Å². The third kappa shape index (κ3) is 1.76. The van der Waals surface area contributed by atoms with Crippen LogP contribution in [0.2, 0.25) is 0 Å². The van der Waals surface area contributed by atoms with E-state index in [0.717, 1.165) is 38.4 Å². The van der Waals surface area contributed by atoms with E-state index in [2.05, 4.69) is 4.90 Å². The van der Waals surface area contributed by atoms with Gasteiger partial charge in [0.15, 0.2) is 0 Å². The third-order valence-electron chi connectivity index (χ3n) is 2.63. The first-order valence-corrected chi connectivity index (χ1v) is 4.97. The van der Waals surface area contributed by atoms with Gasteiger partial charge in [-0.2, -0.15) is 0 Å². The average Bonchev–Trinajstić information content (AvgIpc) is 2.23. The highest BCUT2D eigenvalue weighted by Gasteiger charge is 2.21. The fourth-order valence-electron chi connectivity index (χ4n) is 1.78. The molecule has 0 radical (unpaired) electrons. The number of morpholine rings is 1. The second-order valence-corrected chi connectivity index (χ2v) is 3.61. The molecular weight excluding hydrogens is 180 g/mol. The molecule has 4 nitrogen and oxygen atoms in total. The topological polar surface area (TPSA) is 58.7 Å². The Morgan fingerprint density at radius 2 is 2.14 bits per heavy atom. The van der Waals surface area contributed by atoms with E-state index in [1.54, 1.807) is 0 Å². The Morgan fingerprint density at radius 1 is 1.43 bits per heavy atom. The van der Waals surface area contributed by atoms with E-state index in [1.807, 2.05) is 12.2 Å². The van der Waals surface area contributed by atoms with E-state index in [0.29, 0.717) is 5.76 Å². The second kappa shape index (κ2) is 4.02. The van der Waals surface area contributed by atoms with Crippen molar-refractivity contribution in [3.05, 3.63) is 23.6 Å². The van der Waals surface area contributed by atoms with Crippen LogP contribution in [0.3, 0.4) is 0 Å². The molecule has 1 atom stereocenters. The largest absolute Gasteiger partial charge is 0.508 e.